The van der Waals surface area contributed by atoms with Gasteiger partial charge in [0.25, 0.3) is 5.91 Å². The molecule has 0 fully saturated rings. The lowest BCUT2D eigenvalue weighted by Gasteiger charge is -2.16. The maximum Gasteiger partial charge on any atom is 0.416 e. The zero-order valence-electron chi connectivity index (χ0n) is 16.2. The summed E-state index contributed by atoms with van der Waals surface area (Å²) in [4.78, 5) is 12.4. The van der Waals surface area contributed by atoms with Gasteiger partial charge in [-0.3, -0.25) is 4.79 Å². The largest absolute Gasteiger partial charge is 0.494 e. The molecule has 3 rings (SSSR count). The van der Waals surface area contributed by atoms with Gasteiger partial charge in [0.2, 0.25) is 0 Å². The number of carbonyl (C=O) groups excluding carboxylic acids is 1. The molecule has 1 aliphatic heterocycles. The molecule has 2 aromatic rings. The molecule has 1 N–H and O–H groups in total. The van der Waals surface area contributed by atoms with E-state index in [-0.39, 0.29) is 11.6 Å². The smallest absolute Gasteiger partial charge is 0.416 e. The summed E-state index contributed by atoms with van der Waals surface area (Å²) in [6.07, 6.45) is -2.73. The number of fused-ring (bicyclic) bond motifs is 1. The molecule has 0 saturated carbocycles. The van der Waals surface area contributed by atoms with Crippen LogP contribution in [0.2, 0.25) is 0 Å². The predicted molar refractivity (Wildman–Crippen MR) is 104 cm³/mol. The van der Waals surface area contributed by atoms with Crippen LogP contribution < -0.4 is 10.1 Å². The van der Waals surface area contributed by atoms with E-state index in [4.69, 9.17) is 4.74 Å². The predicted octanol–water partition coefficient (Wildman–Crippen LogP) is 6.03. The lowest BCUT2D eigenvalue weighted by atomic mass is 9.94. The molecule has 0 aromatic heterocycles. The second kappa shape index (κ2) is 7.34. The number of benzene rings is 2. The Hall–Kier alpha value is -2.76. The zero-order chi connectivity index (χ0) is 20.6. The zero-order valence-corrected chi connectivity index (χ0v) is 16.2. The fraction of sp³-hybridized carbons (Fsp3) is 0.318. The van der Waals surface area contributed by atoms with Gasteiger partial charge in [-0.05, 0) is 66.8 Å². The quantitative estimate of drug-likeness (QED) is 0.649. The number of aryl methyl sites for hydroxylation is 1. The number of alkyl halides is 3. The van der Waals surface area contributed by atoms with E-state index in [9.17, 15) is 18.0 Å². The number of amides is 1. The molecule has 6 heteroatoms. The molecule has 3 nitrogen and oxygen atoms in total. The van der Waals surface area contributed by atoms with Crippen LogP contribution in [0, 0.1) is 6.92 Å². The van der Waals surface area contributed by atoms with Crippen LogP contribution in [-0.2, 0) is 11.0 Å². The van der Waals surface area contributed by atoms with Crippen molar-refractivity contribution in [2.45, 2.75) is 39.8 Å². The molecule has 1 heterocycles. The van der Waals surface area contributed by atoms with Crippen molar-refractivity contribution < 1.29 is 22.7 Å². The fourth-order valence-corrected chi connectivity index (χ4v) is 3.27. The lowest BCUT2D eigenvalue weighted by Crippen LogP contribution is -2.06. The molecule has 0 unspecified atom stereocenters. The number of ether oxygens (including phenoxy) is 1. The lowest BCUT2D eigenvalue weighted by molar-refractivity contribution is -0.137. The van der Waals surface area contributed by atoms with Gasteiger partial charge < -0.3 is 10.1 Å². The van der Waals surface area contributed by atoms with Crippen LogP contribution in [0.3, 0.4) is 0 Å². The number of rotatable bonds is 4. The Morgan fingerprint density at radius 2 is 1.89 bits per heavy atom. The Morgan fingerprint density at radius 3 is 2.50 bits per heavy atom. The molecule has 28 heavy (non-hydrogen) atoms. The van der Waals surface area contributed by atoms with E-state index in [1.165, 1.54) is 6.07 Å². The van der Waals surface area contributed by atoms with Crippen molar-refractivity contribution in [2.24, 2.45) is 0 Å². The second-order valence-electron chi connectivity index (χ2n) is 7.10. The van der Waals surface area contributed by atoms with E-state index in [0.29, 0.717) is 17.7 Å². The average molecular weight is 389 g/mol. The highest BCUT2D eigenvalue weighted by molar-refractivity contribution is 6.35. The fourth-order valence-electron chi connectivity index (χ4n) is 3.27. The summed E-state index contributed by atoms with van der Waals surface area (Å²) in [5.41, 5.74) is 3.00. The summed E-state index contributed by atoms with van der Waals surface area (Å²) >= 11 is 0. The van der Waals surface area contributed by atoms with Crippen molar-refractivity contribution in [3.05, 3.63) is 58.1 Å². The highest BCUT2D eigenvalue weighted by atomic mass is 19.4. The van der Waals surface area contributed by atoms with Crippen LogP contribution in [0.5, 0.6) is 5.75 Å². The first-order valence-corrected chi connectivity index (χ1v) is 9.13. The van der Waals surface area contributed by atoms with Crippen LogP contribution in [-0.4, -0.2) is 12.5 Å². The maximum atomic E-state index is 12.9. The van der Waals surface area contributed by atoms with Crippen LogP contribution in [0.15, 0.2) is 30.3 Å². The second-order valence-corrected chi connectivity index (χ2v) is 7.10. The number of halogens is 3. The highest BCUT2D eigenvalue weighted by Crippen LogP contribution is 2.39. The molecular formula is C22H22F3NO2. The van der Waals surface area contributed by atoms with Gasteiger partial charge in [0.15, 0.2) is 0 Å². The number of hydrogen-bond donors (Lipinski definition) is 1. The van der Waals surface area contributed by atoms with Gasteiger partial charge in [-0.2, -0.15) is 13.2 Å². The van der Waals surface area contributed by atoms with Gasteiger partial charge in [-0.1, -0.05) is 19.9 Å². The van der Waals surface area contributed by atoms with Gasteiger partial charge in [-0.15, -0.1) is 0 Å². The number of hydrogen-bond acceptors (Lipinski definition) is 2. The van der Waals surface area contributed by atoms with Crippen molar-refractivity contribution in [3.63, 3.8) is 0 Å². The van der Waals surface area contributed by atoms with E-state index in [1.807, 2.05) is 26.0 Å². The third kappa shape index (κ3) is 3.77. The molecule has 0 bridgehead atoms. The molecule has 1 amide bonds. The standard InChI is InChI=1S/C22H22F3NO2/c1-5-28-20-8-13(4)14(9-17(20)12(2)3)10-18-16-7-6-15(22(23,24)25)11-19(16)26-21(18)27/h6-12H,5H2,1-4H3,(H,26,27)/b18-10-. The van der Waals surface area contributed by atoms with E-state index >= 15 is 0 Å². The third-order valence-corrected chi connectivity index (χ3v) is 4.75. The summed E-state index contributed by atoms with van der Waals surface area (Å²) in [6.45, 7) is 8.50. The van der Waals surface area contributed by atoms with E-state index in [2.05, 4.69) is 19.2 Å². The summed E-state index contributed by atoms with van der Waals surface area (Å²) in [6, 6.07) is 7.23. The minimum atomic E-state index is -4.45. The van der Waals surface area contributed by atoms with Crippen LogP contribution >= 0.6 is 0 Å². The van der Waals surface area contributed by atoms with Gasteiger partial charge in [-0.25, -0.2) is 0 Å². The van der Waals surface area contributed by atoms with E-state index in [1.54, 1.807) is 6.08 Å². The molecule has 0 aliphatic carbocycles. The van der Waals surface area contributed by atoms with Crippen LogP contribution in [0.25, 0.3) is 11.6 Å². The molecule has 0 saturated heterocycles. The first-order valence-electron chi connectivity index (χ1n) is 9.13. The van der Waals surface area contributed by atoms with Crippen LogP contribution in [0.4, 0.5) is 18.9 Å². The number of anilines is 1. The minimum absolute atomic E-state index is 0.179. The average Bonchev–Trinajstić information content (AvgIpc) is 2.91. The summed E-state index contributed by atoms with van der Waals surface area (Å²) < 4.78 is 44.5. The Labute approximate surface area is 162 Å². The van der Waals surface area contributed by atoms with Gasteiger partial charge >= 0.3 is 6.18 Å². The molecule has 148 valence electrons. The van der Waals surface area contributed by atoms with Crippen molar-refractivity contribution >= 4 is 23.2 Å². The SMILES string of the molecule is CCOc1cc(C)c(/C=C2\C(=O)Nc3cc(C(F)(F)F)ccc32)cc1C(C)C. The van der Waals surface area contributed by atoms with Crippen LogP contribution in [0.1, 0.15) is 54.5 Å². The Kier molecular flexibility index (Phi) is 5.24. The normalized spacial score (nSPS) is 15.1. The maximum absolute atomic E-state index is 12.9. The summed E-state index contributed by atoms with van der Waals surface area (Å²) in [5, 5.41) is 2.54. The van der Waals surface area contributed by atoms with E-state index in [0.717, 1.165) is 34.6 Å². The highest BCUT2D eigenvalue weighted by Gasteiger charge is 2.33. The molecule has 1 aliphatic rings. The molecule has 2 aromatic carbocycles. The third-order valence-electron chi connectivity index (χ3n) is 4.75. The molecule has 0 radical (unpaired) electrons. The van der Waals surface area contributed by atoms with Gasteiger partial charge in [0.1, 0.15) is 5.75 Å². The molecular weight excluding hydrogens is 367 g/mol. The Bertz CT molecular complexity index is 959. The summed E-state index contributed by atoms with van der Waals surface area (Å²) in [5.74, 6) is 0.621. The first-order chi connectivity index (χ1) is 13.1. The minimum Gasteiger partial charge on any atom is -0.494 e. The number of carbonyl (C=O) groups is 1. The summed E-state index contributed by atoms with van der Waals surface area (Å²) in [7, 11) is 0. The van der Waals surface area contributed by atoms with E-state index < -0.39 is 17.6 Å². The van der Waals surface area contributed by atoms with Gasteiger partial charge in [0, 0.05) is 16.8 Å². The first kappa shape index (κ1) is 20.0. The van der Waals surface area contributed by atoms with Crippen molar-refractivity contribution in [2.75, 3.05) is 11.9 Å². The van der Waals surface area contributed by atoms with Gasteiger partial charge in [0.05, 0.1) is 12.2 Å². The molecule has 0 atom stereocenters. The Balaban J connectivity index is 2.08. The monoisotopic (exact) mass is 389 g/mol. The Morgan fingerprint density at radius 1 is 1.18 bits per heavy atom. The molecule has 0 spiro atoms. The topological polar surface area (TPSA) is 38.3 Å². The van der Waals surface area contributed by atoms with Crippen molar-refractivity contribution in [3.8, 4) is 5.75 Å². The van der Waals surface area contributed by atoms with Crippen molar-refractivity contribution in [1.29, 1.82) is 0 Å². The number of nitrogens with one attached hydrogen (secondary N) is 1. The van der Waals surface area contributed by atoms with Crippen molar-refractivity contribution in [1.82, 2.24) is 0 Å².